The van der Waals surface area contributed by atoms with Gasteiger partial charge in [-0.1, -0.05) is 30.0 Å². The van der Waals surface area contributed by atoms with E-state index in [9.17, 15) is 9.59 Å². The van der Waals surface area contributed by atoms with Crippen molar-refractivity contribution < 1.29 is 14.7 Å². The molecule has 0 aromatic heterocycles. The van der Waals surface area contributed by atoms with Crippen molar-refractivity contribution in [3.8, 4) is 11.8 Å². The molecule has 3 nitrogen and oxygen atoms in total. The number of carboxylic acid groups (broad SMARTS) is 1. The normalized spacial score (nSPS) is 9.73. The maximum Gasteiger partial charge on any atom is 0.372 e. The molecule has 0 aliphatic heterocycles. The van der Waals surface area contributed by atoms with E-state index in [2.05, 4.69) is 27.8 Å². The molecule has 110 valence electrons. The Labute approximate surface area is 137 Å². The maximum atomic E-state index is 11.1. The van der Waals surface area contributed by atoms with E-state index in [0.29, 0.717) is 5.56 Å². The van der Waals surface area contributed by atoms with E-state index < -0.39 is 11.8 Å². The van der Waals surface area contributed by atoms with Gasteiger partial charge in [0.1, 0.15) is 0 Å². The molecule has 1 N–H and O–H groups in total. The molecule has 0 atom stereocenters. The van der Waals surface area contributed by atoms with Crippen molar-refractivity contribution >= 4 is 27.7 Å². The van der Waals surface area contributed by atoms with Crippen molar-refractivity contribution in [3.05, 3.63) is 69.2 Å². The second kappa shape index (κ2) is 7.06. The van der Waals surface area contributed by atoms with Crippen LogP contribution in [0.4, 0.5) is 0 Å². The third-order valence-electron chi connectivity index (χ3n) is 3.02. The van der Waals surface area contributed by atoms with Gasteiger partial charge in [0.05, 0.1) is 0 Å². The molecule has 0 bridgehead atoms. The highest BCUT2D eigenvalue weighted by atomic mass is 79.9. The molecular weight excluding hydrogens is 344 g/mol. The summed E-state index contributed by atoms with van der Waals surface area (Å²) < 4.78 is 0.948. The number of ketones is 1. The number of rotatable bonds is 3. The minimum Gasteiger partial charge on any atom is -0.475 e. The largest absolute Gasteiger partial charge is 0.475 e. The Kier molecular flexibility index (Phi) is 5.13. The molecule has 0 amide bonds. The van der Waals surface area contributed by atoms with Gasteiger partial charge in [-0.2, -0.15) is 0 Å². The summed E-state index contributed by atoms with van der Waals surface area (Å²) >= 11 is 3.48. The SMILES string of the molecule is Cc1ccc(C#Cc2ccc(CC(=O)C(=O)O)cc2)c(Br)c1. The van der Waals surface area contributed by atoms with Crippen molar-refractivity contribution in [1.29, 1.82) is 0 Å². The average molecular weight is 357 g/mol. The summed E-state index contributed by atoms with van der Waals surface area (Å²) in [6, 6.07) is 12.9. The fraction of sp³-hybridized carbons (Fsp3) is 0.111. The second-order valence-electron chi connectivity index (χ2n) is 4.84. The van der Waals surface area contributed by atoms with Crippen LogP contribution in [0.5, 0.6) is 0 Å². The monoisotopic (exact) mass is 356 g/mol. The van der Waals surface area contributed by atoms with Gasteiger partial charge in [0.15, 0.2) is 0 Å². The number of aryl methyl sites for hydroxylation is 1. The molecule has 0 radical (unpaired) electrons. The number of halogens is 1. The van der Waals surface area contributed by atoms with Crippen LogP contribution in [0, 0.1) is 18.8 Å². The van der Waals surface area contributed by atoms with E-state index in [-0.39, 0.29) is 6.42 Å². The molecule has 2 aromatic carbocycles. The number of hydrogen-bond acceptors (Lipinski definition) is 2. The quantitative estimate of drug-likeness (QED) is 0.677. The molecule has 0 aliphatic rings. The van der Waals surface area contributed by atoms with Crippen molar-refractivity contribution in [3.63, 3.8) is 0 Å². The van der Waals surface area contributed by atoms with E-state index in [1.54, 1.807) is 24.3 Å². The Bertz CT molecular complexity index is 780. The van der Waals surface area contributed by atoms with E-state index in [1.807, 2.05) is 25.1 Å². The van der Waals surface area contributed by atoms with Gasteiger partial charge in [-0.3, -0.25) is 4.79 Å². The number of hydrogen-bond donors (Lipinski definition) is 1. The van der Waals surface area contributed by atoms with Crippen LogP contribution in [0.25, 0.3) is 0 Å². The van der Waals surface area contributed by atoms with E-state index in [1.165, 1.54) is 0 Å². The summed E-state index contributed by atoms with van der Waals surface area (Å²) in [5.41, 5.74) is 3.52. The molecule has 4 heteroatoms. The number of carbonyl (C=O) groups excluding carboxylic acids is 1. The lowest BCUT2D eigenvalue weighted by Gasteiger charge is -1.99. The Morgan fingerprint density at radius 2 is 1.77 bits per heavy atom. The molecule has 0 saturated carbocycles. The zero-order valence-electron chi connectivity index (χ0n) is 11.9. The molecule has 0 spiro atoms. The lowest BCUT2D eigenvalue weighted by Crippen LogP contribution is -2.14. The topological polar surface area (TPSA) is 54.4 Å². The molecule has 0 heterocycles. The van der Waals surface area contributed by atoms with Crippen LogP contribution in [0.1, 0.15) is 22.3 Å². The highest BCUT2D eigenvalue weighted by Gasteiger charge is 2.11. The van der Waals surface area contributed by atoms with Gasteiger partial charge in [-0.15, -0.1) is 0 Å². The van der Waals surface area contributed by atoms with Crippen LogP contribution in [-0.2, 0) is 16.0 Å². The zero-order chi connectivity index (χ0) is 16.1. The summed E-state index contributed by atoms with van der Waals surface area (Å²) in [6.45, 7) is 2.01. The Morgan fingerprint density at radius 1 is 1.09 bits per heavy atom. The van der Waals surface area contributed by atoms with Crippen LogP contribution in [-0.4, -0.2) is 16.9 Å². The van der Waals surface area contributed by atoms with Crippen LogP contribution >= 0.6 is 15.9 Å². The van der Waals surface area contributed by atoms with Gasteiger partial charge in [-0.05, 0) is 58.2 Å². The molecule has 22 heavy (non-hydrogen) atoms. The first-order valence-corrected chi connectivity index (χ1v) is 7.38. The molecule has 2 rings (SSSR count). The van der Waals surface area contributed by atoms with Gasteiger partial charge in [0, 0.05) is 22.0 Å². The number of aliphatic carboxylic acids is 1. The lowest BCUT2D eigenvalue weighted by atomic mass is 10.1. The minimum absolute atomic E-state index is 0.105. The highest BCUT2D eigenvalue weighted by Crippen LogP contribution is 2.17. The summed E-state index contributed by atoms with van der Waals surface area (Å²) in [5.74, 6) is 3.89. The Balaban J connectivity index is 2.13. The first-order chi connectivity index (χ1) is 10.5. The minimum atomic E-state index is -1.41. The number of benzene rings is 2. The first kappa shape index (κ1) is 16.0. The molecule has 0 saturated heterocycles. The fourth-order valence-corrected chi connectivity index (χ4v) is 2.42. The van der Waals surface area contributed by atoms with Crippen molar-refractivity contribution in [2.75, 3.05) is 0 Å². The molecule has 0 fully saturated rings. The second-order valence-corrected chi connectivity index (χ2v) is 5.69. The predicted molar refractivity (Wildman–Crippen MR) is 87.6 cm³/mol. The van der Waals surface area contributed by atoms with E-state index in [0.717, 1.165) is 21.2 Å². The maximum absolute atomic E-state index is 11.1. The third kappa shape index (κ3) is 4.31. The van der Waals surface area contributed by atoms with Gasteiger partial charge in [0.25, 0.3) is 0 Å². The summed E-state index contributed by atoms with van der Waals surface area (Å²) in [7, 11) is 0. The average Bonchev–Trinajstić information content (AvgIpc) is 2.47. The molecule has 2 aromatic rings. The van der Waals surface area contributed by atoms with Crippen LogP contribution < -0.4 is 0 Å². The number of carbonyl (C=O) groups is 2. The standard InChI is InChI=1S/C18H13BrO3/c1-12-2-8-15(16(19)10-12)9-7-13-3-5-14(6-4-13)11-17(20)18(21)22/h2-6,8,10H,11H2,1H3,(H,21,22). The van der Waals surface area contributed by atoms with Crippen LogP contribution in [0.2, 0.25) is 0 Å². The van der Waals surface area contributed by atoms with Crippen molar-refractivity contribution in [2.24, 2.45) is 0 Å². The van der Waals surface area contributed by atoms with Crippen molar-refractivity contribution in [1.82, 2.24) is 0 Å². The lowest BCUT2D eigenvalue weighted by molar-refractivity contribution is -0.148. The fourth-order valence-electron chi connectivity index (χ4n) is 1.83. The predicted octanol–water partition coefficient (Wildman–Crippen LogP) is 3.35. The van der Waals surface area contributed by atoms with Crippen LogP contribution in [0.3, 0.4) is 0 Å². The number of Topliss-reactive ketones (excluding diaryl/α,β-unsaturated/α-hetero) is 1. The Hall–Kier alpha value is -2.38. The van der Waals surface area contributed by atoms with Crippen molar-refractivity contribution in [2.45, 2.75) is 13.3 Å². The smallest absolute Gasteiger partial charge is 0.372 e. The summed E-state index contributed by atoms with van der Waals surface area (Å²) in [5, 5.41) is 8.58. The summed E-state index contributed by atoms with van der Waals surface area (Å²) in [4.78, 5) is 21.6. The molecular formula is C18H13BrO3. The van der Waals surface area contributed by atoms with E-state index in [4.69, 9.17) is 5.11 Å². The van der Waals surface area contributed by atoms with E-state index >= 15 is 0 Å². The summed E-state index contributed by atoms with van der Waals surface area (Å²) in [6.07, 6.45) is -0.105. The highest BCUT2D eigenvalue weighted by molar-refractivity contribution is 9.10. The Morgan fingerprint density at radius 3 is 2.36 bits per heavy atom. The number of carboxylic acids is 1. The van der Waals surface area contributed by atoms with Gasteiger partial charge < -0.3 is 5.11 Å². The zero-order valence-corrected chi connectivity index (χ0v) is 13.5. The first-order valence-electron chi connectivity index (χ1n) is 6.59. The molecule has 0 aliphatic carbocycles. The van der Waals surface area contributed by atoms with Gasteiger partial charge >= 0.3 is 5.97 Å². The molecule has 0 unspecified atom stereocenters. The van der Waals surface area contributed by atoms with Gasteiger partial charge in [-0.25, -0.2) is 4.79 Å². The van der Waals surface area contributed by atoms with Crippen LogP contribution in [0.15, 0.2) is 46.9 Å². The van der Waals surface area contributed by atoms with Gasteiger partial charge in [0.2, 0.25) is 5.78 Å². The third-order valence-corrected chi connectivity index (χ3v) is 3.68.